The highest BCUT2D eigenvalue weighted by Crippen LogP contribution is 2.30. The van der Waals surface area contributed by atoms with Gasteiger partial charge in [-0.15, -0.1) is 11.3 Å². The fourth-order valence-corrected chi connectivity index (χ4v) is 3.85. The molecular formula is C17H20N2O2S. The molecule has 1 aliphatic rings. The number of carbonyl (C=O) groups excluding carboxylic acids is 1. The van der Waals surface area contributed by atoms with Crippen LogP contribution in [0.15, 0.2) is 30.3 Å². The number of benzene rings is 1. The van der Waals surface area contributed by atoms with Crippen LogP contribution < -0.4 is 5.32 Å². The third kappa shape index (κ3) is 3.20. The Labute approximate surface area is 134 Å². The monoisotopic (exact) mass is 316 g/mol. The summed E-state index contributed by atoms with van der Waals surface area (Å²) in [6, 6.07) is 8.79. The van der Waals surface area contributed by atoms with Gasteiger partial charge in [0.2, 0.25) is 0 Å². The second-order valence-corrected chi connectivity index (χ2v) is 6.79. The molecule has 0 saturated carbocycles. The van der Waals surface area contributed by atoms with E-state index in [4.69, 9.17) is 0 Å². The van der Waals surface area contributed by atoms with E-state index in [1.807, 2.05) is 25.1 Å². The highest BCUT2D eigenvalue weighted by atomic mass is 32.1. The van der Waals surface area contributed by atoms with Crippen molar-refractivity contribution in [2.45, 2.75) is 44.8 Å². The second kappa shape index (κ2) is 6.58. The minimum Gasteiger partial charge on any atom is -0.378 e. The third-order valence-electron chi connectivity index (χ3n) is 3.96. The standard InChI is InChI=1S/C17H20N2O2S/c1-11(17-19-13-9-5-6-10-14(13)22-17)18-16(21)15(20)12-7-3-2-4-8-12/h2-4,7-8,11,15,20H,5-6,9-10H2,1H3,(H,18,21)/t11-,15-/m0/s1. The quantitative estimate of drug-likeness (QED) is 0.911. The molecule has 0 saturated heterocycles. The SMILES string of the molecule is C[C@H](NC(=O)[C@@H](O)c1ccccc1)c1nc2c(s1)CCCC2. The summed E-state index contributed by atoms with van der Waals surface area (Å²) in [6.45, 7) is 1.92. The molecule has 3 rings (SSSR count). The van der Waals surface area contributed by atoms with Gasteiger partial charge in [0.15, 0.2) is 6.10 Å². The van der Waals surface area contributed by atoms with Gasteiger partial charge in [0.25, 0.3) is 5.91 Å². The molecule has 1 aromatic heterocycles. The number of aryl methyl sites for hydroxylation is 2. The molecule has 2 atom stereocenters. The highest BCUT2D eigenvalue weighted by Gasteiger charge is 2.23. The second-order valence-electron chi connectivity index (χ2n) is 5.67. The Hall–Kier alpha value is -1.72. The Bertz CT molecular complexity index is 630. The molecule has 2 N–H and O–H groups in total. The van der Waals surface area contributed by atoms with Crippen LogP contribution in [-0.4, -0.2) is 16.0 Å². The number of fused-ring (bicyclic) bond motifs is 1. The Morgan fingerprint density at radius 1 is 1.27 bits per heavy atom. The van der Waals surface area contributed by atoms with Gasteiger partial charge in [-0.25, -0.2) is 4.98 Å². The van der Waals surface area contributed by atoms with Crippen molar-refractivity contribution in [2.75, 3.05) is 0 Å². The summed E-state index contributed by atoms with van der Waals surface area (Å²) in [6.07, 6.45) is 3.42. The Balaban J connectivity index is 1.67. The summed E-state index contributed by atoms with van der Waals surface area (Å²) < 4.78 is 0. The maximum atomic E-state index is 12.2. The number of aliphatic hydroxyl groups is 1. The van der Waals surface area contributed by atoms with Crippen LogP contribution in [0.2, 0.25) is 0 Å². The van der Waals surface area contributed by atoms with Gasteiger partial charge in [-0.3, -0.25) is 4.79 Å². The molecule has 1 amide bonds. The van der Waals surface area contributed by atoms with Gasteiger partial charge < -0.3 is 10.4 Å². The molecule has 116 valence electrons. The minimum absolute atomic E-state index is 0.179. The van der Waals surface area contributed by atoms with Crippen LogP contribution >= 0.6 is 11.3 Å². The molecule has 1 aliphatic carbocycles. The van der Waals surface area contributed by atoms with Gasteiger partial charge >= 0.3 is 0 Å². The third-order valence-corrected chi connectivity index (χ3v) is 5.30. The van der Waals surface area contributed by atoms with Crippen LogP contribution in [-0.2, 0) is 17.6 Å². The van der Waals surface area contributed by atoms with Gasteiger partial charge in [0.1, 0.15) is 5.01 Å². The smallest absolute Gasteiger partial charge is 0.254 e. The first-order valence-corrected chi connectivity index (χ1v) is 8.48. The Kier molecular flexibility index (Phi) is 4.55. The van der Waals surface area contributed by atoms with Gasteiger partial charge in [-0.2, -0.15) is 0 Å². The predicted octanol–water partition coefficient (Wildman–Crippen LogP) is 2.93. The lowest BCUT2D eigenvalue weighted by Gasteiger charge is -2.15. The molecule has 0 unspecified atom stereocenters. The fourth-order valence-electron chi connectivity index (χ4n) is 2.70. The van der Waals surface area contributed by atoms with E-state index in [1.54, 1.807) is 23.5 Å². The molecule has 2 aromatic rings. The van der Waals surface area contributed by atoms with E-state index in [2.05, 4.69) is 10.3 Å². The number of nitrogens with zero attached hydrogens (tertiary/aromatic N) is 1. The van der Waals surface area contributed by atoms with E-state index < -0.39 is 6.10 Å². The van der Waals surface area contributed by atoms with Gasteiger partial charge in [0.05, 0.1) is 11.7 Å². The van der Waals surface area contributed by atoms with Crippen molar-refractivity contribution in [1.82, 2.24) is 10.3 Å². The van der Waals surface area contributed by atoms with Gasteiger partial charge in [-0.1, -0.05) is 30.3 Å². The minimum atomic E-state index is -1.14. The average Bonchev–Trinajstić information content (AvgIpc) is 2.99. The van der Waals surface area contributed by atoms with Crippen LogP contribution in [0.3, 0.4) is 0 Å². The van der Waals surface area contributed by atoms with Crippen molar-refractivity contribution in [3.63, 3.8) is 0 Å². The number of thiazole rings is 1. The van der Waals surface area contributed by atoms with E-state index in [0.717, 1.165) is 17.8 Å². The zero-order valence-electron chi connectivity index (χ0n) is 12.6. The van der Waals surface area contributed by atoms with Crippen LogP contribution in [0, 0.1) is 0 Å². The maximum Gasteiger partial charge on any atom is 0.254 e. The normalized spacial score (nSPS) is 16.6. The number of nitrogens with one attached hydrogen (secondary N) is 1. The van der Waals surface area contributed by atoms with Gasteiger partial charge in [-0.05, 0) is 38.2 Å². The lowest BCUT2D eigenvalue weighted by Crippen LogP contribution is -2.31. The largest absolute Gasteiger partial charge is 0.378 e. The van der Waals surface area contributed by atoms with Crippen LogP contribution in [0.5, 0.6) is 0 Å². The van der Waals surface area contributed by atoms with E-state index in [1.165, 1.54) is 23.4 Å². The first kappa shape index (κ1) is 15.2. The summed E-state index contributed by atoms with van der Waals surface area (Å²) in [5.74, 6) is -0.383. The molecule has 1 aromatic carbocycles. The zero-order valence-corrected chi connectivity index (χ0v) is 13.4. The Morgan fingerprint density at radius 3 is 2.73 bits per heavy atom. The molecular weight excluding hydrogens is 296 g/mol. The van der Waals surface area contributed by atoms with Crippen molar-refractivity contribution in [1.29, 1.82) is 0 Å². The van der Waals surface area contributed by atoms with E-state index in [9.17, 15) is 9.90 Å². The van der Waals surface area contributed by atoms with Crippen molar-refractivity contribution in [3.05, 3.63) is 51.5 Å². The van der Waals surface area contributed by atoms with Crippen LogP contribution in [0.1, 0.15) is 53.1 Å². The molecule has 0 radical (unpaired) electrons. The first-order valence-electron chi connectivity index (χ1n) is 7.67. The molecule has 4 nitrogen and oxygen atoms in total. The highest BCUT2D eigenvalue weighted by molar-refractivity contribution is 7.11. The fraction of sp³-hybridized carbons (Fsp3) is 0.412. The maximum absolute atomic E-state index is 12.2. The number of aliphatic hydroxyl groups excluding tert-OH is 1. The molecule has 22 heavy (non-hydrogen) atoms. The first-order chi connectivity index (χ1) is 10.6. The lowest BCUT2D eigenvalue weighted by molar-refractivity contribution is -0.130. The number of amides is 1. The Morgan fingerprint density at radius 2 is 2.00 bits per heavy atom. The summed E-state index contributed by atoms with van der Waals surface area (Å²) >= 11 is 1.69. The van der Waals surface area contributed by atoms with Crippen molar-refractivity contribution in [2.24, 2.45) is 0 Å². The van der Waals surface area contributed by atoms with Crippen molar-refractivity contribution >= 4 is 17.2 Å². The van der Waals surface area contributed by atoms with Crippen molar-refractivity contribution in [3.8, 4) is 0 Å². The average molecular weight is 316 g/mol. The van der Waals surface area contributed by atoms with Crippen LogP contribution in [0.25, 0.3) is 0 Å². The van der Waals surface area contributed by atoms with E-state index >= 15 is 0 Å². The molecule has 0 bridgehead atoms. The van der Waals surface area contributed by atoms with E-state index in [0.29, 0.717) is 5.56 Å². The summed E-state index contributed by atoms with van der Waals surface area (Å²) in [5, 5.41) is 13.9. The molecule has 0 aliphatic heterocycles. The van der Waals surface area contributed by atoms with Crippen molar-refractivity contribution < 1.29 is 9.90 Å². The molecule has 0 spiro atoms. The lowest BCUT2D eigenvalue weighted by atomic mass is 10.0. The zero-order chi connectivity index (χ0) is 15.5. The number of hydrogen-bond donors (Lipinski definition) is 2. The van der Waals surface area contributed by atoms with E-state index in [-0.39, 0.29) is 11.9 Å². The topological polar surface area (TPSA) is 62.2 Å². The van der Waals surface area contributed by atoms with Crippen LogP contribution in [0.4, 0.5) is 0 Å². The number of hydrogen-bond acceptors (Lipinski definition) is 4. The summed E-state index contributed by atoms with van der Waals surface area (Å²) in [7, 11) is 0. The number of rotatable bonds is 4. The summed E-state index contributed by atoms with van der Waals surface area (Å²) in [4.78, 5) is 18.2. The molecule has 0 fully saturated rings. The molecule has 1 heterocycles. The summed E-state index contributed by atoms with van der Waals surface area (Å²) in [5.41, 5.74) is 1.79. The number of aromatic nitrogens is 1. The number of carbonyl (C=O) groups is 1. The molecule has 5 heteroatoms. The predicted molar refractivity (Wildman–Crippen MR) is 86.7 cm³/mol. The van der Waals surface area contributed by atoms with Gasteiger partial charge in [0, 0.05) is 4.88 Å².